The fourth-order valence-corrected chi connectivity index (χ4v) is 3.59. The van der Waals surface area contributed by atoms with Crippen molar-refractivity contribution in [3.05, 3.63) is 70.9 Å². The molecule has 0 spiro atoms. The summed E-state index contributed by atoms with van der Waals surface area (Å²) in [4.78, 5) is 12.9. The van der Waals surface area contributed by atoms with E-state index in [1.807, 2.05) is 61.5 Å². The van der Waals surface area contributed by atoms with Crippen LogP contribution in [0.5, 0.6) is 5.75 Å². The van der Waals surface area contributed by atoms with Crippen molar-refractivity contribution >= 4 is 17.5 Å². The Morgan fingerprint density at radius 2 is 1.83 bits per heavy atom. The fraction of sp³-hybridized carbons (Fsp3) is 0.292. The molecule has 0 saturated carbocycles. The second-order valence-corrected chi connectivity index (χ2v) is 7.44. The van der Waals surface area contributed by atoms with E-state index in [0.717, 1.165) is 47.7 Å². The maximum Gasteiger partial charge on any atom is 0.253 e. The minimum absolute atomic E-state index is 0.0533. The zero-order valence-electron chi connectivity index (χ0n) is 17.2. The molecule has 0 radical (unpaired) electrons. The summed E-state index contributed by atoms with van der Waals surface area (Å²) in [5.74, 6) is 0.693. The zero-order chi connectivity index (χ0) is 20.8. The van der Waals surface area contributed by atoms with Gasteiger partial charge in [-0.3, -0.25) is 4.79 Å². The van der Waals surface area contributed by atoms with E-state index < -0.39 is 0 Å². The smallest absolute Gasteiger partial charge is 0.253 e. The van der Waals surface area contributed by atoms with Gasteiger partial charge in [-0.1, -0.05) is 55.6 Å². The number of halogens is 1. The van der Waals surface area contributed by atoms with Crippen molar-refractivity contribution in [3.8, 4) is 22.7 Å². The first kappa shape index (κ1) is 21.0. The number of nitrogens with zero attached hydrogens (tertiary/aromatic N) is 1. The Morgan fingerprint density at radius 3 is 2.52 bits per heavy atom. The van der Waals surface area contributed by atoms with Crippen LogP contribution in [0.3, 0.4) is 0 Å². The monoisotopic (exact) mass is 410 g/mol. The van der Waals surface area contributed by atoms with Crippen LogP contribution in [0.15, 0.2) is 54.6 Å². The highest BCUT2D eigenvalue weighted by Crippen LogP contribution is 2.34. The quantitative estimate of drug-likeness (QED) is 0.460. The second-order valence-electron chi connectivity index (χ2n) is 7.01. The number of hydrogen-bond donors (Lipinski definition) is 1. The molecule has 1 heterocycles. The first-order valence-electron chi connectivity index (χ1n) is 9.96. The molecule has 0 aliphatic heterocycles. The number of ether oxygens (including phenoxy) is 1. The van der Waals surface area contributed by atoms with Gasteiger partial charge >= 0.3 is 0 Å². The van der Waals surface area contributed by atoms with Gasteiger partial charge in [0, 0.05) is 17.3 Å². The Labute approximate surface area is 177 Å². The summed E-state index contributed by atoms with van der Waals surface area (Å²) in [5.41, 5.74) is 4.32. The fourth-order valence-electron chi connectivity index (χ4n) is 3.47. The number of methoxy groups -OCH3 is 1. The average molecular weight is 411 g/mol. The average Bonchev–Trinajstić information content (AvgIpc) is 3.08. The van der Waals surface area contributed by atoms with Gasteiger partial charge in [-0.2, -0.15) is 0 Å². The van der Waals surface area contributed by atoms with Crippen LogP contribution in [0.1, 0.15) is 42.2 Å². The summed E-state index contributed by atoms with van der Waals surface area (Å²) in [5, 5.41) is 3.73. The molecule has 5 heteroatoms. The van der Waals surface area contributed by atoms with E-state index in [1.54, 1.807) is 7.11 Å². The van der Waals surface area contributed by atoms with Gasteiger partial charge in [0.25, 0.3) is 5.91 Å². The third-order valence-electron chi connectivity index (χ3n) is 5.02. The molecule has 152 valence electrons. The van der Waals surface area contributed by atoms with Crippen LogP contribution in [0, 0.1) is 6.92 Å². The predicted octanol–water partition coefficient (Wildman–Crippen LogP) is 6.03. The van der Waals surface area contributed by atoms with Crippen LogP contribution in [-0.4, -0.2) is 24.1 Å². The van der Waals surface area contributed by atoms with E-state index in [0.29, 0.717) is 17.1 Å². The lowest BCUT2D eigenvalue weighted by Gasteiger charge is -2.15. The molecule has 0 aliphatic rings. The lowest BCUT2D eigenvalue weighted by molar-refractivity contribution is 0.0952. The summed E-state index contributed by atoms with van der Waals surface area (Å²) < 4.78 is 7.66. The molecule has 1 amide bonds. The number of unbranched alkanes of at least 4 members (excludes halogenated alkanes) is 2. The molecule has 0 fully saturated rings. The van der Waals surface area contributed by atoms with Gasteiger partial charge in [-0.25, -0.2) is 0 Å². The van der Waals surface area contributed by atoms with Crippen molar-refractivity contribution in [2.75, 3.05) is 13.7 Å². The minimum atomic E-state index is -0.0533. The van der Waals surface area contributed by atoms with Crippen molar-refractivity contribution in [3.63, 3.8) is 0 Å². The van der Waals surface area contributed by atoms with Gasteiger partial charge in [0.15, 0.2) is 0 Å². The summed E-state index contributed by atoms with van der Waals surface area (Å²) in [6, 6.07) is 17.4. The van der Waals surface area contributed by atoms with Crippen molar-refractivity contribution in [2.24, 2.45) is 0 Å². The lowest BCUT2D eigenvalue weighted by Crippen LogP contribution is -2.24. The van der Waals surface area contributed by atoms with Gasteiger partial charge in [-0.05, 0) is 49.2 Å². The van der Waals surface area contributed by atoms with E-state index in [-0.39, 0.29) is 5.91 Å². The minimum Gasteiger partial charge on any atom is -0.495 e. The molecule has 1 aromatic heterocycles. The number of aromatic nitrogens is 1. The van der Waals surface area contributed by atoms with E-state index in [4.69, 9.17) is 16.3 Å². The van der Waals surface area contributed by atoms with Crippen LogP contribution in [-0.2, 0) is 0 Å². The van der Waals surface area contributed by atoms with Gasteiger partial charge in [0.05, 0.1) is 24.1 Å². The Morgan fingerprint density at radius 1 is 1.10 bits per heavy atom. The van der Waals surface area contributed by atoms with Gasteiger partial charge in [0.2, 0.25) is 0 Å². The van der Waals surface area contributed by atoms with E-state index in [9.17, 15) is 4.79 Å². The maximum absolute atomic E-state index is 12.9. The Balaban J connectivity index is 2.08. The highest BCUT2D eigenvalue weighted by atomic mass is 35.5. The van der Waals surface area contributed by atoms with E-state index in [1.165, 1.54) is 0 Å². The van der Waals surface area contributed by atoms with Crippen LogP contribution in [0.25, 0.3) is 16.9 Å². The molecule has 0 unspecified atom stereocenters. The van der Waals surface area contributed by atoms with Crippen molar-refractivity contribution < 1.29 is 9.53 Å². The Bertz CT molecular complexity index is 977. The standard InChI is InChI=1S/C24H27ClN2O2/c1-4-5-8-15-26-24(28)20-16-22(18-11-13-19(25)14-12-18)27(17(20)2)21-9-6-7-10-23(21)29-3/h6-7,9-14,16H,4-5,8,15H2,1-3H3,(H,26,28). The highest BCUT2D eigenvalue weighted by molar-refractivity contribution is 6.30. The van der Waals surface area contributed by atoms with Gasteiger partial charge in [-0.15, -0.1) is 0 Å². The van der Waals surface area contributed by atoms with Crippen molar-refractivity contribution in [1.82, 2.24) is 9.88 Å². The maximum atomic E-state index is 12.9. The highest BCUT2D eigenvalue weighted by Gasteiger charge is 2.21. The molecule has 2 aromatic carbocycles. The predicted molar refractivity (Wildman–Crippen MR) is 119 cm³/mol. The molecule has 0 atom stereocenters. The number of nitrogens with one attached hydrogen (secondary N) is 1. The molecule has 4 nitrogen and oxygen atoms in total. The number of amides is 1. The summed E-state index contributed by atoms with van der Waals surface area (Å²) in [6.07, 6.45) is 3.22. The first-order chi connectivity index (χ1) is 14.1. The number of carbonyl (C=O) groups excluding carboxylic acids is 1. The van der Waals surface area contributed by atoms with E-state index in [2.05, 4.69) is 16.8 Å². The zero-order valence-corrected chi connectivity index (χ0v) is 17.9. The second kappa shape index (κ2) is 9.66. The normalized spacial score (nSPS) is 10.8. The topological polar surface area (TPSA) is 43.3 Å². The third-order valence-corrected chi connectivity index (χ3v) is 5.28. The number of rotatable bonds is 8. The first-order valence-corrected chi connectivity index (χ1v) is 10.3. The largest absolute Gasteiger partial charge is 0.495 e. The van der Waals surface area contributed by atoms with Gasteiger partial charge < -0.3 is 14.6 Å². The molecule has 0 aliphatic carbocycles. The van der Waals surface area contributed by atoms with Crippen molar-refractivity contribution in [1.29, 1.82) is 0 Å². The molecule has 0 saturated heterocycles. The Hall–Kier alpha value is -2.72. The number of benzene rings is 2. The van der Waals surface area contributed by atoms with Crippen LogP contribution < -0.4 is 10.1 Å². The van der Waals surface area contributed by atoms with Crippen LogP contribution in [0.2, 0.25) is 5.02 Å². The van der Waals surface area contributed by atoms with Crippen LogP contribution >= 0.6 is 11.6 Å². The number of hydrogen-bond acceptors (Lipinski definition) is 2. The molecular weight excluding hydrogens is 384 g/mol. The Kier molecular flexibility index (Phi) is 6.99. The summed E-state index contributed by atoms with van der Waals surface area (Å²) in [6.45, 7) is 4.80. The number of carbonyl (C=O) groups is 1. The lowest BCUT2D eigenvalue weighted by atomic mass is 10.1. The molecule has 3 rings (SSSR count). The van der Waals surface area contributed by atoms with Crippen molar-refractivity contribution in [2.45, 2.75) is 33.1 Å². The van der Waals surface area contributed by atoms with Crippen LogP contribution in [0.4, 0.5) is 0 Å². The summed E-state index contributed by atoms with van der Waals surface area (Å²) >= 11 is 6.08. The molecule has 29 heavy (non-hydrogen) atoms. The van der Waals surface area contributed by atoms with E-state index >= 15 is 0 Å². The third kappa shape index (κ3) is 4.65. The number of para-hydroxylation sites is 2. The molecular formula is C24H27ClN2O2. The molecule has 1 N–H and O–H groups in total. The molecule has 0 bridgehead atoms. The summed E-state index contributed by atoms with van der Waals surface area (Å²) in [7, 11) is 1.65. The SMILES string of the molecule is CCCCCNC(=O)c1cc(-c2ccc(Cl)cc2)n(-c2ccccc2OC)c1C. The molecule has 3 aromatic rings. The van der Waals surface area contributed by atoms with Gasteiger partial charge in [0.1, 0.15) is 5.75 Å².